The van der Waals surface area contributed by atoms with Gasteiger partial charge in [-0.1, -0.05) is 26.7 Å². The molecule has 1 unspecified atom stereocenters. The zero-order valence-corrected chi connectivity index (χ0v) is 12.8. The van der Waals surface area contributed by atoms with Crippen molar-refractivity contribution in [3.8, 4) is 5.75 Å². The molecular weight excluding hydrogens is 234 g/mol. The Morgan fingerprint density at radius 2 is 2.11 bits per heavy atom. The van der Waals surface area contributed by atoms with Gasteiger partial charge in [0.1, 0.15) is 5.75 Å². The van der Waals surface area contributed by atoms with Gasteiger partial charge in [-0.05, 0) is 56.4 Å². The van der Waals surface area contributed by atoms with Gasteiger partial charge >= 0.3 is 0 Å². The smallest absolute Gasteiger partial charge is 0.119 e. The summed E-state index contributed by atoms with van der Waals surface area (Å²) in [6.07, 6.45) is 4.80. The third-order valence-corrected chi connectivity index (χ3v) is 3.86. The van der Waals surface area contributed by atoms with E-state index >= 15 is 0 Å². The van der Waals surface area contributed by atoms with E-state index in [2.05, 4.69) is 51.2 Å². The van der Waals surface area contributed by atoms with Gasteiger partial charge in [-0.15, -0.1) is 0 Å². The summed E-state index contributed by atoms with van der Waals surface area (Å²) in [6.45, 7) is 9.89. The molecule has 1 aromatic rings. The number of nitrogens with one attached hydrogen (secondary N) is 1. The third kappa shape index (κ3) is 3.65. The molecule has 2 nitrogen and oxygen atoms in total. The topological polar surface area (TPSA) is 21.3 Å². The highest BCUT2D eigenvalue weighted by Gasteiger charge is 2.29. The molecular formula is C17H27NO. The Balaban J connectivity index is 2.05. The summed E-state index contributed by atoms with van der Waals surface area (Å²) in [5, 5.41) is 3.61. The van der Waals surface area contributed by atoms with Gasteiger partial charge in [0.05, 0.1) is 6.61 Å². The van der Waals surface area contributed by atoms with Gasteiger partial charge in [0.25, 0.3) is 0 Å². The van der Waals surface area contributed by atoms with Crippen LogP contribution in [-0.4, -0.2) is 12.1 Å². The number of fused-ring (bicyclic) bond motifs is 1. The van der Waals surface area contributed by atoms with Crippen molar-refractivity contribution in [1.29, 1.82) is 0 Å². The second kappa shape index (κ2) is 5.85. The molecule has 1 N–H and O–H groups in total. The SMILES string of the molecule is CCCCCOc1ccc2c(c1)C(C)CC(C)(C)N2. The molecule has 0 aromatic heterocycles. The van der Waals surface area contributed by atoms with Crippen molar-refractivity contribution in [2.24, 2.45) is 0 Å². The van der Waals surface area contributed by atoms with E-state index in [-0.39, 0.29) is 5.54 Å². The molecule has 1 heterocycles. The van der Waals surface area contributed by atoms with Crippen molar-refractivity contribution >= 4 is 5.69 Å². The van der Waals surface area contributed by atoms with Crippen molar-refractivity contribution in [2.75, 3.05) is 11.9 Å². The first-order chi connectivity index (χ1) is 9.02. The zero-order valence-electron chi connectivity index (χ0n) is 12.8. The van der Waals surface area contributed by atoms with E-state index in [1.54, 1.807) is 0 Å². The van der Waals surface area contributed by atoms with Gasteiger partial charge in [-0.3, -0.25) is 0 Å². The predicted molar refractivity (Wildman–Crippen MR) is 82.2 cm³/mol. The lowest BCUT2D eigenvalue weighted by molar-refractivity contribution is 0.305. The van der Waals surface area contributed by atoms with Crippen LogP contribution in [0.2, 0.25) is 0 Å². The molecule has 0 saturated heterocycles. The molecule has 0 aliphatic carbocycles. The summed E-state index contributed by atoms with van der Waals surface area (Å²) >= 11 is 0. The van der Waals surface area contributed by atoms with Crippen LogP contribution in [0.15, 0.2) is 18.2 Å². The van der Waals surface area contributed by atoms with Crippen LogP contribution in [0.1, 0.15) is 64.9 Å². The number of rotatable bonds is 5. The summed E-state index contributed by atoms with van der Waals surface area (Å²) in [5.41, 5.74) is 2.85. The normalized spacial score (nSPS) is 20.5. The first-order valence-electron chi connectivity index (χ1n) is 7.57. The molecule has 19 heavy (non-hydrogen) atoms. The summed E-state index contributed by atoms with van der Waals surface area (Å²) in [6, 6.07) is 6.47. The molecule has 1 aromatic carbocycles. The van der Waals surface area contributed by atoms with Gasteiger partial charge in [0, 0.05) is 11.2 Å². The Kier molecular flexibility index (Phi) is 4.38. The van der Waals surface area contributed by atoms with Crippen LogP contribution in [0.5, 0.6) is 5.75 Å². The summed E-state index contributed by atoms with van der Waals surface area (Å²) in [4.78, 5) is 0. The van der Waals surface area contributed by atoms with Crippen LogP contribution < -0.4 is 10.1 Å². The monoisotopic (exact) mass is 261 g/mol. The van der Waals surface area contributed by atoms with E-state index in [1.807, 2.05) is 0 Å². The van der Waals surface area contributed by atoms with Crippen LogP contribution in [0.4, 0.5) is 5.69 Å². The molecule has 2 rings (SSSR count). The lowest BCUT2D eigenvalue weighted by Gasteiger charge is -2.37. The fraction of sp³-hybridized carbons (Fsp3) is 0.647. The van der Waals surface area contributed by atoms with Crippen LogP contribution in [0, 0.1) is 0 Å². The molecule has 0 amide bonds. The van der Waals surface area contributed by atoms with Crippen molar-refractivity contribution < 1.29 is 4.74 Å². The van der Waals surface area contributed by atoms with Crippen molar-refractivity contribution in [3.05, 3.63) is 23.8 Å². The number of ether oxygens (including phenoxy) is 1. The molecule has 2 heteroatoms. The Morgan fingerprint density at radius 1 is 1.32 bits per heavy atom. The second-order valence-electron chi connectivity index (χ2n) is 6.42. The maximum Gasteiger partial charge on any atom is 0.119 e. The maximum atomic E-state index is 5.85. The number of benzene rings is 1. The largest absolute Gasteiger partial charge is 0.494 e. The van der Waals surface area contributed by atoms with Gasteiger partial charge < -0.3 is 10.1 Å². The minimum atomic E-state index is 0.190. The Morgan fingerprint density at radius 3 is 2.84 bits per heavy atom. The quantitative estimate of drug-likeness (QED) is 0.757. The van der Waals surface area contributed by atoms with Gasteiger partial charge in [-0.2, -0.15) is 0 Å². The lowest BCUT2D eigenvalue weighted by Crippen LogP contribution is -2.36. The minimum absolute atomic E-state index is 0.190. The fourth-order valence-corrected chi connectivity index (χ4v) is 2.99. The van der Waals surface area contributed by atoms with Crippen LogP contribution in [0.3, 0.4) is 0 Å². The number of anilines is 1. The molecule has 0 radical (unpaired) electrons. The Bertz CT molecular complexity index is 425. The van der Waals surface area contributed by atoms with Crippen molar-refractivity contribution in [2.45, 2.75) is 64.8 Å². The predicted octanol–water partition coefficient (Wildman–Crippen LogP) is 4.95. The summed E-state index contributed by atoms with van der Waals surface area (Å²) in [5.74, 6) is 1.61. The first-order valence-corrected chi connectivity index (χ1v) is 7.57. The highest BCUT2D eigenvalue weighted by molar-refractivity contribution is 5.59. The fourth-order valence-electron chi connectivity index (χ4n) is 2.99. The molecule has 106 valence electrons. The second-order valence-corrected chi connectivity index (χ2v) is 6.42. The van der Waals surface area contributed by atoms with E-state index in [0.29, 0.717) is 5.92 Å². The standard InChI is InChI=1S/C17H27NO/c1-5-6-7-10-19-14-8-9-16-15(11-14)13(2)12-17(3,4)18-16/h8-9,11,13,18H,5-7,10,12H2,1-4H3. The van der Waals surface area contributed by atoms with Crippen LogP contribution in [-0.2, 0) is 0 Å². The maximum absolute atomic E-state index is 5.85. The molecule has 0 spiro atoms. The number of hydrogen-bond donors (Lipinski definition) is 1. The molecule has 0 fully saturated rings. The first kappa shape index (κ1) is 14.2. The molecule has 0 saturated carbocycles. The molecule has 1 aliphatic heterocycles. The zero-order chi connectivity index (χ0) is 13.9. The Hall–Kier alpha value is -1.18. The highest BCUT2D eigenvalue weighted by Crippen LogP contribution is 2.40. The highest BCUT2D eigenvalue weighted by atomic mass is 16.5. The average Bonchev–Trinajstić information content (AvgIpc) is 2.34. The Labute approximate surface area is 117 Å². The van der Waals surface area contributed by atoms with Crippen LogP contribution in [0.25, 0.3) is 0 Å². The third-order valence-electron chi connectivity index (χ3n) is 3.86. The van der Waals surface area contributed by atoms with Crippen LogP contribution >= 0.6 is 0 Å². The van der Waals surface area contributed by atoms with E-state index in [9.17, 15) is 0 Å². The summed E-state index contributed by atoms with van der Waals surface area (Å²) < 4.78 is 5.85. The van der Waals surface area contributed by atoms with E-state index in [0.717, 1.165) is 18.8 Å². The van der Waals surface area contributed by atoms with E-state index < -0.39 is 0 Å². The number of unbranched alkanes of at least 4 members (excludes halogenated alkanes) is 2. The lowest BCUT2D eigenvalue weighted by atomic mass is 9.82. The van der Waals surface area contributed by atoms with Gasteiger partial charge in [0.2, 0.25) is 0 Å². The van der Waals surface area contributed by atoms with Crippen molar-refractivity contribution in [1.82, 2.24) is 0 Å². The van der Waals surface area contributed by atoms with E-state index in [4.69, 9.17) is 4.74 Å². The van der Waals surface area contributed by atoms with Crippen molar-refractivity contribution in [3.63, 3.8) is 0 Å². The van der Waals surface area contributed by atoms with E-state index in [1.165, 1.54) is 30.5 Å². The van der Waals surface area contributed by atoms with Gasteiger partial charge in [-0.25, -0.2) is 0 Å². The molecule has 1 aliphatic rings. The molecule has 0 bridgehead atoms. The van der Waals surface area contributed by atoms with Gasteiger partial charge in [0.15, 0.2) is 0 Å². The molecule has 1 atom stereocenters. The minimum Gasteiger partial charge on any atom is -0.494 e. The number of hydrogen-bond acceptors (Lipinski definition) is 2. The summed E-state index contributed by atoms with van der Waals surface area (Å²) in [7, 11) is 0. The average molecular weight is 261 g/mol.